The number of fused-ring (bicyclic) bond motifs is 4. The van der Waals surface area contributed by atoms with Crippen molar-refractivity contribution >= 4 is 116 Å². The van der Waals surface area contributed by atoms with Crippen molar-refractivity contribution in [3.63, 3.8) is 0 Å². The Kier molecular flexibility index (Phi) is 15.5. The van der Waals surface area contributed by atoms with Gasteiger partial charge in [0.25, 0.3) is 11.8 Å². The molecule has 75 heavy (non-hydrogen) atoms. The maximum atomic E-state index is 14.4. The summed E-state index contributed by atoms with van der Waals surface area (Å²) in [5.74, 6) is -1.09. The predicted molar refractivity (Wildman–Crippen MR) is 281 cm³/mol. The highest BCUT2D eigenvalue weighted by Crippen LogP contribution is 2.46. The third-order valence-corrected chi connectivity index (χ3v) is 13.3. The average molecular weight is 1150 g/mol. The van der Waals surface area contributed by atoms with Crippen LogP contribution in [0.2, 0.25) is 0 Å². The van der Waals surface area contributed by atoms with Gasteiger partial charge in [-0.25, -0.2) is 19.4 Å². The molecule has 392 valence electrons. The molecule has 4 amide bonds. The van der Waals surface area contributed by atoms with E-state index in [0.29, 0.717) is 11.1 Å². The van der Waals surface area contributed by atoms with Crippen LogP contribution in [0.25, 0.3) is 11.1 Å². The number of amides is 4. The van der Waals surface area contributed by atoms with Crippen LogP contribution in [0.15, 0.2) is 116 Å². The molecule has 5 aromatic rings. The molecule has 23 heteroatoms. The van der Waals surface area contributed by atoms with Gasteiger partial charge in [0.1, 0.15) is 32.2 Å². The second-order valence-corrected chi connectivity index (χ2v) is 22.6. The van der Waals surface area contributed by atoms with Gasteiger partial charge in [0.2, 0.25) is 7.59 Å². The van der Waals surface area contributed by atoms with Crippen LogP contribution in [0.3, 0.4) is 0 Å². The van der Waals surface area contributed by atoms with E-state index < -0.39 is 69.3 Å². The third kappa shape index (κ3) is 11.5. The molecule has 3 N–H and O–H groups in total. The van der Waals surface area contributed by atoms with E-state index in [1.807, 2.05) is 60.7 Å². The molecular weight excluding hydrogens is 1100 g/mol. The Labute approximate surface area is 459 Å². The Morgan fingerprint density at radius 3 is 1.32 bits per heavy atom. The lowest BCUT2D eigenvalue weighted by molar-refractivity contribution is 0.0553. The molecule has 0 bridgehead atoms. The van der Waals surface area contributed by atoms with E-state index in [-0.39, 0.29) is 77.3 Å². The van der Waals surface area contributed by atoms with Crippen molar-refractivity contribution in [1.82, 2.24) is 9.80 Å². The molecule has 17 nitrogen and oxygen atoms in total. The Balaban J connectivity index is 0.995. The minimum absolute atomic E-state index is 0.0229. The van der Waals surface area contributed by atoms with Crippen LogP contribution in [0.5, 0.6) is 28.7 Å². The number of aliphatic hydroxyl groups excluding tert-OH is 2. The SMILES string of the molecule is COc1cc2c(cc1OCc1cc(O)cc(COc3cc4c(cc3OC)C(=O)N3C=C(c5ccccc5)C[C@H]3C(O)N4C(=O)OCC(Cl)(Cl)Cl)c1)N(C(=O)OCC(Cl)(Cl)Cl)C(O)[C@@H]1CC(c3ccccc3)=CN1C2=O. The summed E-state index contributed by atoms with van der Waals surface area (Å²) in [6, 6.07) is 26.6. The van der Waals surface area contributed by atoms with Crippen LogP contribution in [0.4, 0.5) is 21.0 Å². The molecule has 4 heterocycles. The zero-order valence-corrected chi connectivity index (χ0v) is 44.0. The van der Waals surface area contributed by atoms with Gasteiger partial charge in [-0.05, 0) is 76.6 Å². The normalized spacial score (nSPS) is 19.2. The molecule has 4 aliphatic heterocycles. The fourth-order valence-corrected chi connectivity index (χ4v) is 9.58. The second kappa shape index (κ2) is 21.8. The summed E-state index contributed by atoms with van der Waals surface area (Å²) < 4.78 is 30.6. The van der Waals surface area contributed by atoms with Gasteiger partial charge < -0.3 is 53.5 Å². The van der Waals surface area contributed by atoms with Gasteiger partial charge in [-0.15, -0.1) is 0 Å². The van der Waals surface area contributed by atoms with Crippen LogP contribution in [-0.4, -0.2) is 109 Å². The molecule has 0 saturated heterocycles. The number of anilines is 2. The second-order valence-electron chi connectivity index (χ2n) is 17.5. The monoisotopic (exact) mass is 1140 g/mol. The number of phenolic OH excluding ortho intramolecular Hbond substituents is 1. The summed E-state index contributed by atoms with van der Waals surface area (Å²) in [6.07, 6.45) is -1.97. The van der Waals surface area contributed by atoms with Gasteiger partial charge >= 0.3 is 12.2 Å². The number of benzene rings is 5. The molecular formula is C52H44Cl6N4O13. The smallest absolute Gasteiger partial charge is 0.416 e. The standard InChI is InChI=1S/C52H44Cl6N4O13/c1-70-41-18-35-37(61(49(68)74-26-51(53,54)55)47(66)39-16-32(22-59(39)45(35)64)30-9-5-3-6-10-30)20-43(41)72-24-28-13-29(15-34(63)14-28)25-73-44-21-38-36(19-42(44)71-2)46(65)60-23-33(31-11-7-4-8-12-31)17-40(60)48(67)62(38)50(69)75-27-52(56,57)58/h3-15,18-23,39-40,47-48,63,66-67H,16-17,24-27H2,1-2H3/t39-,40-,47?,48?/m0/s1. The van der Waals surface area contributed by atoms with Crippen molar-refractivity contribution in [2.75, 3.05) is 37.2 Å². The third-order valence-electron chi connectivity index (χ3n) is 12.6. The van der Waals surface area contributed by atoms with E-state index in [4.69, 9.17) is 98.0 Å². The first-order chi connectivity index (χ1) is 35.7. The van der Waals surface area contributed by atoms with E-state index in [1.54, 1.807) is 18.5 Å². The minimum Gasteiger partial charge on any atom is -0.508 e. The van der Waals surface area contributed by atoms with Crippen LogP contribution >= 0.6 is 69.6 Å². The highest BCUT2D eigenvalue weighted by atomic mass is 35.6. The molecule has 9 rings (SSSR count). The lowest BCUT2D eigenvalue weighted by atomic mass is 10.0. The number of phenols is 1. The van der Waals surface area contributed by atoms with Crippen molar-refractivity contribution in [1.29, 1.82) is 0 Å². The van der Waals surface area contributed by atoms with Gasteiger partial charge in [-0.2, -0.15) is 0 Å². The van der Waals surface area contributed by atoms with Crippen molar-refractivity contribution < 1.29 is 62.9 Å². The number of nitrogens with zero attached hydrogens (tertiary/aromatic N) is 4. The van der Waals surface area contributed by atoms with E-state index in [2.05, 4.69) is 0 Å². The molecule has 4 aliphatic rings. The van der Waals surface area contributed by atoms with Gasteiger partial charge in [0.15, 0.2) is 35.5 Å². The Morgan fingerprint density at radius 2 is 0.960 bits per heavy atom. The summed E-state index contributed by atoms with van der Waals surface area (Å²) in [5.41, 5.74) is 3.65. The van der Waals surface area contributed by atoms with E-state index >= 15 is 0 Å². The number of hydrogen-bond donors (Lipinski definition) is 3. The first-order valence-corrected chi connectivity index (χ1v) is 25.1. The lowest BCUT2D eigenvalue weighted by Gasteiger charge is -2.32. The fraction of sp³-hybridized carbons (Fsp3) is 0.269. The van der Waals surface area contributed by atoms with Crippen LogP contribution < -0.4 is 28.7 Å². The van der Waals surface area contributed by atoms with Gasteiger partial charge in [0, 0.05) is 24.5 Å². The van der Waals surface area contributed by atoms with Crippen molar-refractivity contribution in [3.05, 3.63) is 149 Å². The van der Waals surface area contributed by atoms with Crippen LogP contribution in [0.1, 0.15) is 55.8 Å². The number of hydrogen-bond acceptors (Lipinski definition) is 13. The summed E-state index contributed by atoms with van der Waals surface area (Å²) in [5, 5.41) is 34.9. The van der Waals surface area contributed by atoms with Crippen molar-refractivity contribution in [3.8, 4) is 28.7 Å². The molecule has 4 atom stereocenters. The number of carbonyl (C=O) groups is 4. The number of carbonyl (C=O) groups excluding carboxylic acids is 4. The number of methoxy groups -OCH3 is 2. The van der Waals surface area contributed by atoms with Crippen LogP contribution in [-0.2, 0) is 22.7 Å². The number of rotatable bonds is 12. The zero-order valence-electron chi connectivity index (χ0n) is 39.5. The molecule has 2 unspecified atom stereocenters. The summed E-state index contributed by atoms with van der Waals surface area (Å²) in [7, 11) is 2.71. The van der Waals surface area contributed by atoms with E-state index in [9.17, 15) is 34.5 Å². The highest BCUT2D eigenvalue weighted by Gasteiger charge is 2.48. The van der Waals surface area contributed by atoms with Crippen molar-refractivity contribution in [2.45, 2.75) is 58.2 Å². The summed E-state index contributed by atoms with van der Waals surface area (Å²) in [4.78, 5) is 61.1. The van der Waals surface area contributed by atoms with Crippen molar-refractivity contribution in [2.24, 2.45) is 0 Å². The topological polar surface area (TPSA) is 197 Å². The van der Waals surface area contributed by atoms with E-state index in [1.165, 1.54) is 60.4 Å². The Bertz CT molecular complexity index is 2900. The quantitative estimate of drug-likeness (QED) is 0.0999. The average Bonchev–Trinajstić information content (AvgIpc) is 4.04. The summed E-state index contributed by atoms with van der Waals surface area (Å²) in [6.45, 7) is -1.83. The number of halogens is 6. The maximum Gasteiger partial charge on any atom is 0.416 e. The Morgan fingerprint density at radius 1 is 0.573 bits per heavy atom. The van der Waals surface area contributed by atoms with Gasteiger partial charge in [0.05, 0.1) is 48.8 Å². The number of aliphatic hydroxyl groups is 2. The molecule has 0 fully saturated rings. The zero-order chi connectivity index (χ0) is 53.5. The molecule has 0 aromatic heterocycles. The largest absolute Gasteiger partial charge is 0.508 e. The fourth-order valence-electron chi connectivity index (χ4n) is 9.25. The minimum atomic E-state index is -2.00. The Hall–Kier alpha value is -6.28. The molecule has 0 aliphatic carbocycles. The number of ether oxygens (including phenoxy) is 6. The maximum absolute atomic E-state index is 14.4. The number of alkyl halides is 6. The summed E-state index contributed by atoms with van der Waals surface area (Å²) >= 11 is 35.6. The van der Waals surface area contributed by atoms with Gasteiger partial charge in [-0.1, -0.05) is 130 Å². The molecule has 0 saturated carbocycles. The van der Waals surface area contributed by atoms with Crippen LogP contribution in [0, 0.1) is 0 Å². The first kappa shape index (κ1) is 53.5. The lowest BCUT2D eigenvalue weighted by Crippen LogP contribution is -2.50. The molecule has 0 spiro atoms. The molecule has 5 aromatic carbocycles. The highest BCUT2D eigenvalue weighted by molar-refractivity contribution is 6.68. The first-order valence-electron chi connectivity index (χ1n) is 22.8. The van der Waals surface area contributed by atoms with E-state index in [0.717, 1.165) is 32.1 Å². The number of aromatic hydroxyl groups is 1. The van der Waals surface area contributed by atoms with Gasteiger partial charge in [-0.3, -0.25) is 9.59 Å². The molecule has 0 radical (unpaired) electrons. The predicted octanol–water partition coefficient (Wildman–Crippen LogP) is 10.4.